The van der Waals surface area contributed by atoms with E-state index in [1.807, 2.05) is 58.0 Å². The number of imide groups is 1. The van der Waals surface area contributed by atoms with Crippen molar-refractivity contribution in [1.29, 1.82) is 0 Å². The lowest BCUT2D eigenvalue weighted by Gasteiger charge is -2.10. The zero-order valence-electron chi connectivity index (χ0n) is 16.4. The standard InChI is InChI=1S/C21H24N2O4S/c1-13-6-8-17(16(4)9-13)22-21(26)23-19(24)11-27-20(25)12-28-18-10-14(2)5-7-15(18)3/h5-10H,11-12H2,1-4H3,(H2,22,23,24,26). The third kappa shape index (κ3) is 6.74. The zero-order valence-corrected chi connectivity index (χ0v) is 17.2. The van der Waals surface area contributed by atoms with Gasteiger partial charge in [0.15, 0.2) is 6.61 Å². The summed E-state index contributed by atoms with van der Waals surface area (Å²) >= 11 is 1.35. The summed E-state index contributed by atoms with van der Waals surface area (Å²) < 4.78 is 4.93. The number of amides is 3. The summed E-state index contributed by atoms with van der Waals surface area (Å²) in [6.45, 7) is 7.25. The first kappa shape index (κ1) is 21.5. The molecule has 0 heterocycles. The molecule has 0 saturated carbocycles. The molecule has 3 amide bonds. The largest absolute Gasteiger partial charge is 0.455 e. The van der Waals surface area contributed by atoms with Crippen LogP contribution in [0.2, 0.25) is 0 Å². The number of hydrogen-bond donors (Lipinski definition) is 2. The first-order valence-corrected chi connectivity index (χ1v) is 9.77. The highest BCUT2D eigenvalue weighted by Gasteiger charge is 2.13. The number of anilines is 1. The van der Waals surface area contributed by atoms with Crippen LogP contribution in [0, 0.1) is 27.7 Å². The molecule has 0 radical (unpaired) electrons. The highest BCUT2D eigenvalue weighted by molar-refractivity contribution is 8.00. The lowest BCUT2D eigenvalue weighted by molar-refractivity contribution is -0.145. The van der Waals surface area contributed by atoms with Crippen molar-refractivity contribution >= 4 is 35.4 Å². The van der Waals surface area contributed by atoms with Gasteiger partial charge in [0.05, 0.1) is 5.75 Å². The van der Waals surface area contributed by atoms with Gasteiger partial charge in [-0.1, -0.05) is 35.4 Å². The number of rotatable bonds is 6. The fourth-order valence-corrected chi connectivity index (χ4v) is 3.38. The maximum Gasteiger partial charge on any atom is 0.325 e. The van der Waals surface area contributed by atoms with Crippen molar-refractivity contribution in [3.8, 4) is 0 Å². The fraction of sp³-hybridized carbons (Fsp3) is 0.286. The van der Waals surface area contributed by atoms with Gasteiger partial charge >= 0.3 is 12.0 Å². The summed E-state index contributed by atoms with van der Waals surface area (Å²) in [5.74, 6) is -1.12. The van der Waals surface area contributed by atoms with Gasteiger partial charge in [0.1, 0.15) is 0 Å². The smallest absolute Gasteiger partial charge is 0.325 e. The fourth-order valence-electron chi connectivity index (χ4n) is 2.46. The summed E-state index contributed by atoms with van der Waals surface area (Å²) in [5, 5.41) is 4.74. The normalized spacial score (nSPS) is 10.3. The second-order valence-electron chi connectivity index (χ2n) is 6.54. The van der Waals surface area contributed by atoms with Gasteiger partial charge in [0.25, 0.3) is 5.91 Å². The van der Waals surface area contributed by atoms with Gasteiger partial charge in [-0.25, -0.2) is 4.79 Å². The van der Waals surface area contributed by atoms with Crippen molar-refractivity contribution in [1.82, 2.24) is 5.32 Å². The van der Waals surface area contributed by atoms with Crippen LogP contribution in [0.15, 0.2) is 41.3 Å². The molecule has 0 aliphatic heterocycles. The van der Waals surface area contributed by atoms with Crippen molar-refractivity contribution in [2.24, 2.45) is 0 Å². The van der Waals surface area contributed by atoms with Crippen molar-refractivity contribution in [2.45, 2.75) is 32.6 Å². The quantitative estimate of drug-likeness (QED) is 0.567. The number of hydrogen-bond acceptors (Lipinski definition) is 5. The van der Waals surface area contributed by atoms with Crippen LogP contribution in [-0.4, -0.2) is 30.3 Å². The molecule has 0 spiro atoms. The molecule has 6 nitrogen and oxygen atoms in total. The van der Waals surface area contributed by atoms with Crippen molar-refractivity contribution in [2.75, 3.05) is 17.7 Å². The molecule has 0 aliphatic carbocycles. The summed E-state index contributed by atoms with van der Waals surface area (Å²) in [5.41, 5.74) is 4.75. The Bertz CT molecular complexity index is 896. The third-order valence-electron chi connectivity index (χ3n) is 3.94. The zero-order chi connectivity index (χ0) is 20.7. The van der Waals surface area contributed by atoms with E-state index in [-0.39, 0.29) is 5.75 Å². The van der Waals surface area contributed by atoms with Gasteiger partial charge in [0.2, 0.25) is 0 Å². The number of ether oxygens (including phenoxy) is 1. The van der Waals surface area contributed by atoms with Crippen LogP contribution in [0.1, 0.15) is 22.3 Å². The lowest BCUT2D eigenvalue weighted by atomic mass is 10.1. The lowest BCUT2D eigenvalue weighted by Crippen LogP contribution is -2.37. The molecule has 0 saturated heterocycles. The minimum Gasteiger partial charge on any atom is -0.455 e. The SMILES string of the molecule is Cc1ccc(NC(=O)NC(=O)COC(=O)CSc2cc(C)ccc2C)c(C)c1. The third-order valence-corrected chi connectivity index (χ3v) is 5.07. The molecule has 0 fully saturated rings. The van der Waals surface area contributed by atoms with Crippen LogP contribution in [0.5, 0.6) is 0 Å². The Morgan fingerprint density at radius 1 is 0.929 bits per heavy atom. The van der Waals surface area contributed by atoms with E-state index >= 15 is 0 Å². The Labute approximate surface area is 169 Å². The molecule has 0 bridgehead atoms. The molecule has 2 aromatic rings. The minimum atomic E-state index is -0.688. The maximum absolute atomic E-state index is 11.9. The summed E-state index contributed by atoms with van der Waals surface area (Å²) in [6.07, 6.45) is 0. The van der Waals surface area contributed by atoms with Gasteiger partial charge in [-0.2, -0.15) is 0 Å². The van der Waals surface area contributed by atoms with E-state index in [1.165, 1.54) is 11.8 Å². The van der Waals surface area contributed by atoms with Crippen LogP contribution in [0.3, 0.4) is 0 Å². The highest BCUT2D eigenvalue weighted by Crippen LogP contribution is 2.23. The first-order chi connectivity index (χ1) is 13.2. The van der Waals surface area contributed by atoms with E-state index in [0.717, 1.165) is 27.1 Å². The maximum atomic E-state index is 11.9. The average Bonchev–Trinajstić information content (AvgIpc) is 2.63. The van der Waals surface area contributed by atoms with E-state index in [0.29, 0.717) is 5.69 Å². The highest BCUT2D eigenvalue weighted by atomic mass is 32.2. The topological polar surface area (TPSA) is 84.5 Å². The molecule has 2 rings (SSSR count). The number of nitrogens with one attached hydrogen (secondary N) is 2. The Kier molecular flexibility index (Phi) is 7.63. The van der Waals surface area contributed by atoms with Gasteiger partial charge in [-0.3, -0.25) is 14.9 Å². The molecule has 2 aromatic carbocycles. The van der Waals surface area contributed by atoms with Gasteiger partial charge in [-0.15, -0.1) is 11.8 Å². The monoisotopic (exact) mass is 400 g/mol. The van der Waals surface area contributed by atoms with Crippen molar-refractivity contribution in [3.63, 3.8) is 0 Å². The molecular formula is C21H24N2O4S. The van der Waals surface area contributed by atoms with E-state index < -0.39 is 24.5 Å². The number of carbonyl (C=O) groups is 3. The average molecular weight is 401 g/mol. The van der Waals surface area contributed by atoms with E-state index in [9.17, 15) is 14.4 Å². The molecule has 0 aromatic heterocycles. The predicted octanol–water partition coefficient (Wildman–Crippen LogP) is 3.90. The number of thioether (sulfide) groups is 1. The van der Waals surface area contributed by atoms with Gasteiger partial charge < -0.3 is 10.1 Å². The molecule has 0 unspecified atom stereocenters. The van der Waals surface area contributed by atoms with Crippen LogP contribution < -0.4 is 10.6 Å². The Balaban J connectivity index is 1.74. The summed E-state index contributed by atoms with van der Waals surface area (Å²) in [6, 6.07) is 10.9. The Hall–Kier alpha value is -2.80. The number of benzene rings is 2. The van der Waals surface area contributed by atoms with Crippen LogP contribution in [-0.2, 0) is 14.3 Å². The first-order valence-electron chi connectivity index (χ1n) is 8.78. The molecule has 148 valence electrons. The molecule has 28 heavy (non-hydrogen) atoms. The van der Waals surface area contributed by atoms with Gasteiger partial charge in [-0.05, 0) is 51.0 Å². The van der Waals surface area contributed by atoms with Crippen LogP contribution >= 0.6 is 11.8 Å². The molecule has 0 atom stereocenters. The molecule has 7 heteroatoms. The van der Waals surface area contributed by atoms with Crippen LogP contribution in [0.25, 0.3) is 0 Å². The van der Waals surface area contributed by atoms with E-state index in [2.05, 4.69) is 10.6 Å². The molecular weight excluding hydrogens is 376 g/mol. The van der Waals surface area contributed by atoms with E-state index in [1.54, 1.807) is 6.07 Å². The van der Waals surface area contributed by atoms with Crippen molar-refractivity contribution in [3.05, 3.63) is 58.7 Å². The molecule has 0 aliphatic rings. The van der Waals surface area contributed by atoms with E-state index in [4.69, 9.17) is 4.74 Å². The summed E-state index contributed by atoms with van der Waals surface area (Å²) in [7, 11) is 0. The van der Waals surface area contributed by atoms with Crippen molar-refractivity contribution < 1.29 is 19.1 Å². The Morgan fingerprint density at radius 2 is 1.61 bits per heavy atom. The van der Waals surface area contributed by atoms with Gasteiger partial charge in [0, 0.05) is 10.6 Å². The number of carbonyl (C=O) groups excluding carboxylic acids is 3. The number of aryl methyl sites for hydroxylation is 4. The minimum absolute atomic E-state index is 0.0896. The Morgan fingerprint density at radius 3 is 2.32 bits per heavy atom. The molecule has 2 N–H and O–H groups in total. The predicted molar refractivity (Wildman–Crippen MR) is 111 cm³/mol. The second kappa shape index (κ2) is 9.94. The second-order valence-corrected chi connectivity index (χ2v) is 7.56. The number of esters is 1. The summed E-state index contributed by atoms with van der Waals surface area (Å²) in [4.78, 5) is 36.5. The number of urea groups is 1. The van der Waals surface area contributed by atoms with Crippen LogP contribution in [0.4, 0.5) is 10.5 Å².